The first-order chi connectivity index (χ1) is 7.09. The van der Waals surface area contributed by atoms with E-state index < -0.39 is 0 Å². The highest BCUT2D eigenvalue weighted by Gasteiger charge is 2.16. The van der Waals surface area contributed by atoms with Gasteiger partial charge >= 0.3 is 0 Å². The molecule has 0 fully saturated rings. The Labute approximate surface area is 89.8 Å². The molecule has 1 aromatic rings. The molecular formula is C13H15NO. The number of nitrogens with two attached hydrogens (primary N) is 1. The third-order valence-corrected chi connectivity index (χ3v) is 2.86. The predicted molar refractivity (Wildman–Crippen MR) is 61.8 cm³/mol. The van der Waals surface area contributed by atoms with E-state index in [4.69, 9.17) is 5.73 Å². The van der Waals surface area contributed by atoms with Crippen LogP contribution in [0.5, 0.6) is 0 Å². The topological polar surface area (TPSA) is 43.1 Å². The van der Waals surface area contributed by atoms with E-state index in [1.54, 1.807) is 0 Å². The Kier molecular flexibility index (Phi) is 2.35. The average molecular weight is 201 g/mol. The first kappa shape index (κ1) is 9.97. The smallest absolute Gasteiger partial charge is 0.249 e. The van der Waals surface area contributed by atoms with Crippen LogP contribution in [0.15, 0.2) is 18.2 Å². The van der Waals surface area contributed by atoms with Gasteiger partial charge in [-0.25, -0.2) is 0 Å². The molecular weight excluding hydrogens is 186 g/mol. The molecule has 0 aromatic heterocycles. The number of primary amides is 1. The lowest BCUT2D eigenvalue weighted by atomic mass is 9.93. The number of carbonyl (C=O) groups excluding carboxylic acids is 1. The number of carbonyl (C=O) groups is 1. The summed E-state index contributed by atoms with van der Waals surface area (Å²) in [5.41, 5.74) is 9.47. The van der Waals surface area contributed by atoms with E-state index in [0.29, 0.717) is 11.5 Å². The summed E-state index contributed by atoms with van der Waals surface area (Å²) in [5, 5.41) is 0. The largest absolute Gasteiger partial charge is 0.366 e. The van der Waals surface area contributed by atoms with Gasteiger partial charge in [0.15, 0.2) is 0 Å². The summed E-state index contributed by atoms with van der Waals surface area (Å²) in [6, 6.07) is 4.08. The molecule has 0 unspecified atom stereocenters. The van der Waals surface area contributed by atoms with Gasteiger partial charge in [0.2, 0.25) is 5.91 Å². The van der Waals surface area contributed by atoms with Gasteiger partial charge in [-0.05, 0) is 35.1 Å². The van der Waals surface area contributed by atoms with Crippen molar-refractivity contribution < 1.29 is 4.79 Å². The molecule has 0 heterocycles. The van der Waals surface area contributed by atoms with E-state index in [2.05, 4.69) is 32.1 Å². The first-order valence-corrected chi connectivity index (χ1v) is 5.22. The SMILES string of the molecule is CC(C)c1cc2c(c(C(N)=O)c1)CC=C2. The van der Waals surface area contributed by atoms with Crippen LogP contribution in [0.2, 0.25) is 0 Å². The van der Waals surface area contributed by atoms with Gasteiger partial charge < -0.3 is 5.73 Å². The molecule has 0 aliphatic heterocycles. The van der Waals surface area contributed by atoms with Crippen molar-refractivity contribution in [2.45, 2.75) is 26.2 Å². The Morgan fingerprint density at radius 1 is 1.40 bits per heavy atom. The minimum Gasteiger partial charge on any atom is -0.366 e. The molecule has 78 valence electrons. The molecule has 0 bridgehead atoms. The zero-order chi connectivity index (χ0) is 11.0. The van der Waals surface area contributed by atoms with Crippen molar-refractivity contribution in [2.24, 2.45) is 5.73 Å². The molecule has 1 aliphatic rings. The van der Waals surface area contributed by atoms with Crippen LogP contribution in [0.1, 0.15) is 46.8 Å². The summed E-state index contributed by atoms with van der Waals surface area (Å²) in [6.45, 7) is 4.23. The fraction of sp³-hybridized carbons (Fsp3) is 0.308. The molecule has 2 rings (SSSR count). The van der Waals surface area contributed by atoms with Crippen molar-refractivity contribution >= 4 is 12.0 Å². The molecule has 0 radical (unpaired) electrons. The van der Waals surface area contributed by atoms with E-state index in [9.17, 15) is 4.79 Å². The second kappa shape index (κ2) is 3.54. The Morgan fingerprint density at radius 3 is 2.73 bits per heavy atom. The average Bonchev–Trinajstić information content (AvgIpc) is 2.62. The van der Waals surface area contributed by atoms with Gasteiger partial charge in [0.1, 0.15) is 0 Å². The third-order valence-electron chi connectivity index (χ3n) is 2.86. The van der Waals surface area contributed by atoms with Gasteiger partial charge in [-0.3, -0.25) is 4.79 Å². The van der Waals surface area contributed by atoms with Crippen LogP contribution in [-0.2, 0) is 6.42 Å². The number of fused-ring (bicyclic) bond motifs is 1. The summed E-state index contributed by atoms with van der Waals surface area (Å²) in [6.07, 6.45) is 4.96. The monoisotopic (exact) mass is 201 g/mol. The number of rotatable bonds is 2. The lowest BCUT2D eigenvalue weighted by Crippen LogP contribution is -2.14. The molecule has 2 nitrogen and oxygen atoms in total. The van der Waals surface area contributed by atoms with Crippen molar-refractivity contribution in [3.63, 3.8) is 0 Å². The fourth-order valence-corrected chi connectivity index (χ4v) is 1.95. The Morgan fingerprint density at radius 2 is 2.13 bits per heavy atom. The molecule has 1 aromatic carbocycles. The zero-order valence-corrected chi connectivity index (χ0v) is 9.08. The number of benzene rings is 1. The van der Waals surface area contributed by atoms with Gasteiger partial charge in [0, 0.05) is 5.56 Å². The molecule has 0 atom stereocenters. The fourth-order valence-electron chi connectivity index (χ4n) is 1.95. The first-order valence-electron chi connectivity index (χ1n) is 5.22. The second-order valence-electron chi connectivity index (χ2n) is 4.26. The van der Waals surface area contributed by atoms with E-state index >= 15 is 0 Å². The highest BCUT2D eigenvalue weighted by Crippen LogP contribution is 2.28. The van der Waals surface area contributed by atoms with Crippen LogP contribution < -0.4 is 5.73 Å². The Bertz CT molecular complexity index is 444. The molecule has 2 N–H and O–H groups in total. The van der Waals surface area contributed by atoms with Crippen LogP contribution in [0.4, 0.5) is 0 Å². The number of allylic oxidation sites excluding steroid dienone is 1. The molecule has 15 heavy (non-hydrogen) atoms. The van der Waals surface area contributed by atoms with Gasteiger partial charge in [-0.1, -0.05) is 32.1 Å². The molecule has 1 aliphatic carbocycles. The maximum Gasteiger partial charge on any atom is 0.249 e. The van der Waals surface area contributed by atoms with Crippen LogP contribution in [0, 0.1) is 0 Å². The van der Waals surface area contributed by atoms with Gasteiger partial charge in [-0.15, -0.1) is 0 Å². The van der Waals surface area contributed by atoms with Crippen molar-refractivity contribution in [1.82, 2.24) is 0 Å². The highest BCUT2D eigenvalue weighted by molar-refractivity contribution is 5.96. The van der Waals surface area contributed by atoms with Crippen LogP contribution in [-0.4, -0.2) is 5.91 Å². The summed E-state index contributed by atoms with van der Waals surface area (Å²) in [7, 11) is 0. The van der Waals surface area contributed by atoms with Crippen molar-refractivity contribution in [3.05, 3.63) is 40.5 Å². The quantitative estimate of drug-likeness (QED) is 0.784. The number of hydrogen-bond acceptors (Lipinski definition) is 1. The van der Waals surface area contributed by atoms with Gasteiger partial charge in [0.25, 0.3) is 0 Å². The molecule has 1 amide bonds. The predicted octanol–water partition coefficient (Wildman–Crippen LogP) is 2.48. The molecule has 2 heteroatoms. The van der Waals surface area contributed by atoms with Crippen LogP contribution in [0.25, 0.3) is 6.08 Å². The van der Waals surface area contributed by atoms with Gasteiger partial charge in [0.05, 0.1) is 0 Å². The Hall–Kier alpha value is -1.57. The van der Waals surface area contributed by atoms with Crippen molar-refractivity contribution in [1.29, 1.82) is 0 Å². The normalized spacial score (nSPS) is 13.3. The zero-order valence-electron chi connectivity index (χ0n) is 9.08. The van der Waals surface area contributed by atoms with E-state index in [1.165, 1.54) is 5.56 Å². The second-order valence-corrected chi connectivity index (χ2v) is 4.26. The van der Waals surface area contributed by atoms with E-state index in [1.807, 2.05) is 6.07 Å². The molecule has 0 saturated carbocycles. The number of hydrogen-bond donors (Lipinski definition) is 1. The number of amides is 1. The lowest BCUT2D eigenvalue weighted by molar-refractivity contribution is 0.0999. The molecule has 0 saturated heterocycles. The summed E-state index contributed by atoms with van der Waals surface area (Å²) >= 11 is 0. The highest BCUT2D eigenvalue weighted by atomic mass is 16.1. The maximum absolute atomic E-state index is 11.3. The minimum atomic E-state index is -0.322. The standard InChI is InChI=1S/C13H15NO/c1-8(2)10-6-9-4-3-5-11(9)12(7-10)13(14)15/h3-4,6-8H,5H2,1-2H3,(H2,14,15). The maximum atomic E-state index is 11.3. The third kappa shape index (κ3) is 1.67. The van der Waals surface area contributed by atoms with E-state index in [-0.39, 0.29) is 5.91 Å². The van der Waals surface area contributed by atoms with Crippen molar-refractivity contribution in [2.75, 3.05) is 0 Å². The lowest BCUT2D eigenvalue weighted by Gasteiger charge is -2.11. The Balaban J connectivity index is 2.61. The summed E-state index contributed by atoms with van der Waals surface area (Å²) in [5.74, 6) is 0.0971. The van der Waals surface area contributed by atoms with Crippen LogP contribution in [0.3, 0.4) is 0 Å². The summed E-state index contributed by atoms with van der Waals surface area (Å²) < 4.78 is 0. The van der Waals surface area contributed by atoms with Gasteiger partial charge in [-0.2, -0.15) is 0 Å². The minimum absolute atomic E-state index is 0.322. The van der Waals surface area contributed by atoms with Crippen LogP contribution >= 0.6 is 0 Å². The van der Waals surface area contributed by atoms with E-state index in [0.717, 1.165) is 17.5 Å². The van der Waals surface area contributed by atoms with Crippen molar-refractivity contribution in [3.8, 4) is 0 Å². The molecule has 0 spiro atoms. The summed E-state index contributed by atoms with van der Waals surface area (Å²) in [4.78, 5) is 11.3.